The minimum atomic E-state index is -0.949. The summed E-state index contributed by atoms with van der Waals surface area (Å²) in [7, 11) is 0. The highest BCUT2D eigenvalue weighted by Crippen LogP contribution is 2.29. The predicted molar refractivity (Wildman–Crippen MR) is 51.0 cm³/mol. The minimum absolute atomic E-state index is 0.0288. The maximum Gasteiger partial charge on any atom is 0.230 e. The van der Waals surface area contributed by atoms with Crippen LogP contribution in [0.2, 0.25) is 0 Å². The van der Waals surface area contributed by atoms with Crippen molar-refractivity contribution in [2.24, 2.45) is 0 Å². The summed E-state index contributed by atoms with van der Waals surface area (Å²) < 4.78 is 31.1. The Balaban J connectivity index is 2.68. The molecule has 1 aromatic heterocycles. The zero-order valence-corrected chi connectivity index (χ0v) is 7.92. The van der Waals surface area contributed by atoms with Crippen molar-refractivity contribution in [1.29, 1.82) is 0 Å². The van der Waals surface area contributed by atoms with Gasteiger partial charge in [0.25, 0.3) is 0 Å². The molecular weight excluding hydrogens is 202 g/mol. The van der Waals surface area contributed by atoms with E-state index in [9.17, 15) is 8.78 Å². The van der Waals surface area contributed by atoms with Gasteiger partial charge in [-0.3, -0.25) is 0 Å². The van der Waals surface area contributed by atoms with Crippen LogP contribution in [0.15, 0.2) is 22.9 Å². The Bertz CT molecular complexity index is 508. The van der Waals surface area contributed by atoms with Crippen molar-refractivity contribution in [3.63, 3.8) is 0 Å². The van der Waals surface area contributed by atoms with Crippen molar-refractivity contribution in [3.8, 4) is 11.1 Å². The molecule has 2 N–H and O–H groups in total. The maximum atomic E-state index is 13.4. The first kappa shape index (κ1) is 9.64. The van der Waals surface area contributed by atoms with E-state index < -0.39 is 11.6 Å². The normalized spacial score (nSPS) is 10.6. The van der Waals surface area contributed by atoms with Gasteiger partial charge >= 0.3 is 0 Å². The molecule has 1 aromatic carbocycles. The molecule has 1 heterocycles. The van der Waals surface area contributed by atoms with Crippen molar-refractivity contribution in [2.45, 2.75) is 6.92 Å². The summed E-state index contributed by atoms with van der Waals surface area (Å²) in [6.45, 7) is 1.66. The van der Waals surface area contributed by atoms with E-state index in [1.807, 2.05) is 0 Å². The van der Waals surface area contributed by atoms with Crippen LogP contribution in [0, 0.1) is 18.6 Å². The molecule has 0 saturated heterocycles. The Morgan fingerprint density at radius 1 is 1.27 bits per heavy atom. The van der Waals surface area contributed by atoms with Gasteiger partial charge in [-0.15, -0.1) is 0 Å². The zero-order valence-electron chi connectivity index (χ0n) is 7.92. The first-order chi connectivity index (χ1) is 7.09. The molecule has 0 radical (unpaired) electrons. The highest BCUT2D eigenvalue weighted by molar-refractivity contribution is 5.72. The molecule has 0 aliphatic heterocycles. The van der Waals surface area contributed by atoms with Crippen molar-refractivity contribution in [2.75, 3.05) is 5.73 Å². The van der Waals surface area contributed by atoms with E-state index in [4.69, 9.17) is 5.73 Å². The monoisotopic (exact) mass is 210 g/mol. The SMILES string of the molecule is Cc1cc(F)c(F)c(-c2cnoc2N)c1. The van der Waals surface area contributed by atoms with Gasteiger partial charge < -0.3 is 10.3 Å². The Morgan fingerprint density at radius 3 is 2.60 bits per heavy atom. The lowest BCUT2D eigenvalue weighted by atomic mass is 10.1. The van der Waals surface area contributed by atoms with Crippen molar-refractivity contribution in [1.82, 2.24) is 5.16 Å². The summed E-state index contributed by atoms with van der Waals surface area (Å²) in [6.07, 6.45) is 1.26. The number of hydrogen-bond acceptors (Lipinski definition) is 3. The van der Waals surface area contributed by atoms with Crippen LogP contribution < -0.4 is 5.73 Å². The van der Waals surface area contributed by atoms with Crippen LogP contribution in [0.3, 0.4) is 0 Å². The predicted octanol–water partition coefficient (Wildman–Crippen LogP) is 2.51. The highest BCUT2D eigenvalue weighted by atomic mass is 19.2. The number of benzene rings is 1. The Morgan fingerprint density at radius 2 is 2.00 bits per heavy atom. The standard InChI is InChI=1S/C10H8F2N2O/c1-5-2-6(9(12)8(11)3-5)7-4-14-15-10(7)13/h2-4H,13H2,1H3. The number of aryl methyl sites for hydroxylation is 1. The average Bonchev–Trinajstić information content (AvgIpc) is 2.58. The molecule has 15 heavy (non-hydrogen) atoms. The molecule has 3 nitrogen and oxygen atoms in total. The molecule has 0 spiro atoms. The molecule has 78 valence electrons. The van der Waals surface area contributed by atoms with Crippen LogP contribution in [0.4, 0.5) is 14.7 Å². The lowest BCUT2D eigenvalue weighted by Crippen LogP contribution is -1.93. The van der Waals surface area contributed by atoms with Gasteiger partial charge in [0.05, 0.1) is 11.8 Å². The van der Waals surface area contributed by atoms with Gasteiger partial charge in [-0.25, -0.2) is 8.78 Å². The van der Waals surface area contributed by atoms with Gasteiger partial charge in [-0.2, -0.15) is 0 Å². The summed E-state index contributed by atoms with van der Waals surface area (Å²) in [4.78, 5) is 0. The smallest absolute Gasteiger partial charge is 0.230 e. The summed E-state index contributed by atoms with van der Waals surface area (Å²) in [6, 6.07) is 2.60. The second kappa shape index (κ2) is 3.34. The van der Waals surface area contributed by atoms with E-state index in [1.54, 1.807) is 6.92 Å². The molecule has 0 atom stereocenters. The number of halogens is 2. The summed E-state index contributed by atoms with van der Waals surface area (Å²) >= 11 is 0. The van der Waals surface area contributed by atoms with Crippen LogP contribution in [-0.2, 0) is 0 Å². The Kier molecular flexibility index (Phi) is 2.15. The fraction of sp³-hybridized carbons (Fsp3) is 0.100. The molecule has 0 aliphatic carbocycles. The topological polar surface area (TPSA) is 52.0 Å². The fourth-order valence-electron chi connectivity index (χ4n) is 1.37. The first-order valence-corrected chi connectivity index (χ1v) is 4.25. The van der Waals surface area contributed by atoms with Crippen LogP contribution >= 0.6 is 0 Å². The molecular formula is C10H8F2N2O. The molecule has 5 heteroatoms. The van der Waals surface area contributed by atoms with Crippen molar-refractivity contribution < 1.29 is 13.3 Å². The lowest BCUT2D eigenvalue weighted by Gasteiger charge is -2.03. The highest BCUT2D eigenvalue weighted by Gasteiger charge is 2.15. The van der Waals surface area contributed by atoms with E-state index >= 15 is 0 Å². The molecule has 0 unspecified atom stereocenters. The average molecular weight is 210 g/mol. The van der Waals surface area contributed by atoms with E-state index in [1.165, 1.54) is 12.3 Å². The van der Waals surface area contributed by atoms with Gasteiger partial charge in [0.2, 0.25) is 5.88 Å². The number of hydrogen-bond donors (Lipinski definition) is 1. The number of nitrogen functional groups attached to an aromatic ring is 1. The lowest BCUT2D eigenvalue weighted by molar-refractivity contribution is 0.436. The van der Waals surface area contributed by atoms with Crippen LogP contribution in [0.25, 0.3) is 11.1 Å². The van der Waals surface area contributed by atoms with Crippen molar-refractivity contribution >= 4 is 5.88 Å². The summed E-state index contributed by atoms with van der Waals surface area (Å²) in [5.41, 5.74) is 6.35. The van der Waals surface area contributed by atoms with Crippen molar-refractivity contribution in [3.05, 3.63) is 35.5 Å². The molecule has 0 aliphatic rings. The quantitative estimate of drug-likeness (QED) is 0.786. The second-order valence-electron chi connectivity index (χ2n) is 3.21. The van der Waals surface area contributed by atoms with Gasteiger partial charge in [-0.05, 0) is 24.6 Å². The third kappa shape index (κ3) is 1.56. The van der Waals surface area contributed by atoms with Crippen LogP contribution in [0.5, 0.6) is 0 Å². The fourth-order valence-corrected chi connectivity index (χ4v) is 1.37. The molecule has 0 fully saturated rings. The van der Waals surface area contributed by atoms with E-state index in [0.29, 0.717) is 5.56 Å². The van der Waals surface area contributed by atoms with E-state index in [0.717, 1.165) is 6.07 Å². The molecule has 0 saturated carbocycles. The zero-order chi connectivity index (χ0) is 11.0. The van der Waals surface area contributed by atoms with Gasteiger partial charge in [0.1, 0.15) is 0 Å². The number of nitrogens with two attached hydrogens (primary N) is 1. The third-order valence-electron chi connectivity index (χ3n) is 2.06. The first-order valence-electron chi connectivity index (χ1n) is 4.25. The van der Waals surface area contributed by atoms with Gasteiger partial charge in [-0.1, -0.05) is 5.16 Å². The number of rotatable bonds is 1. The Hall–Kier alpha value is -1.91. The summed E-state index contributed by atoms with van der Waals surface area (Å²) in [5, 5.41) is 3.41. The Labute approximate surface area is 84.5 Å². The second-order valence-corrected chi connectivity index (χ2v) is 3.21. The van der Waals surface area contributed by atoms with E-state index in [2.05, 4.69) is 9.68 Å². The third-order valence-corrected chi connectivity index (χ3v) is 2.06. The van der Waals surface area contributed by atoms with Gasteiger partial charge in [0.15, 0.2) is 11.6 Å². The van der Waals surface area contributed by atoms with Crippen LogP contribution in [-0.4, -0.2) is 5.16 Å². The maximum absolute atomic E-state index is 13.4. The largest absolute Gasteiger partial charge is 0.367 e. The minimum Gasteiger partial charge on any atom is -0.367 e. The summed E-state index contributed by atoms with van der Waals surface area (Å²) in [5.74, 6) is -1.89. The number of anilines is 1. The number of nitrogens with zero attached hydrogens (tertiary/aromatic N) is 1. The van der Waals surface area contributed by atoms with Crippen LogP contribution in [0.1, 0.15) is 5.56 Å². The molecule has 0 bridgehead atoms. The molecule has 2 rings (SSSR count). The molecule has 2 aromatic rings. The van der Waals surface area contributed by atoms with E-state index in [-0.39, 0.29) is 17.0 Å². The van der Waals surface area contributed by atoms with Gasteiger partial charge in [0, 0.05) is 5.56 Å². The molecule has 0 amide bonds. The number of aromatic nitrogens is 1.